The second kappa shape index (κ2) is 7.96. The number of hydrogen-bond donors (Lipinski definition) is 1. The molecule has 1 aliphatic heterocycles. The fourth-order valence-corrected chi connectivity index (χ4v) is 2.19. The summed E-state index contributed by atoms with van der Waals surface area (Å²) >= 11 is 0. The molecule has 0 bridgehead atoms. The van der Waals surface area contributed by atoms with Gasteiger partial charge in [-0.3, -0.25) is 4.90 Å². The van der Waals surface area contributed by atoms with E-state index in [4.69, 9.17) is 4.74 Å². The van der Waals surface area contributed by atoms with Crippen LogP contribution in [0.25, 0.3) is 0 Å². The Labute approximate surface area is 107 Å². The zero-order valence-corrected chi connectivity index (χ0v) is 10.9. The summed E-state index contributed by atoms with van der Waals surface area (Å²) in [7, 11) is 0. The number of alkyl halides is 3. The summed E-state index contributed by atoms with van der Waals surface area (Å²) in [5, 5.41) is 3.32. The molecular formula is C12H23F3N2O. The van der Waals surface area contributed by atoms with Crippen LogP contribution < -0.4 is 5.32 Å². The van der Waals surface area contributed by atoms with Gasteiger partial charge in [0, 0.05) is 19.1 Å². The zero-order chi connectivity index (χ0) is 13.4. The fraction of sp³-hybridized carbons (Fsp3) is 1.00. The van der Waals surface area contributed by atoms with Gasteiger partial charge in [-0.1, -0.05) is 13.3 Å². The second-order valence-corrected chi connectivity index (χ2v) is 4.76. The van der Waals surface area contributed by atoms with Gasteiger partial charge >= 0.3 is 6.18 Å². The third-order valence-corrected chi connectivity index (χ3v) is 3.08. The number of nitrogens with zero attached hydrogens (tertiary/aromatic N) is 1. The lowest BCUT2D eigenvalue weighted by Crippen LogP contribution is -2.46. The van der Waals surface area contributed by atoms with Crippen LogP contribution in [-0.4, -0.2) is 50.1 Å². The van der Waals surface area contributed by atoms with E-state index in [1.807, 2.05) is 4.90 Å². The summed E-state index contributed by atoms with van der Waals surface area (Å²) < 4.78 is 40.7. The lowest BCUT2D eigenvalue weighted by atomic mass is 10.0. The van der Waals surface area contributed by atoms with Crippen LogP contribution in [0.4, 0.5) is 13.2 Å². The molecule has 18 heavy (non-hydrogen) atoms. The molecule has 0 aromatic carbocycles. The first-order chi connectivity index (χ1) is 8.53. The van der Waals surface area contributed by atoms with Crippen LogP contribution in [0.5, 0.6) is 0 Å². The first-order valence-corrected chi connectivity index (χ1v) is 6.62. The normalized spacial score (nSPS) is 22.3. The monoisotopic (exact) mass is 268 g/mol. The number of likely N-dealkylation sites (tertiary alicyclic amines) is 1. The molecule has 1 atom stereocenters. The van der Waals surface area contributed by atoms with Crippen molar-refractivity contribution in [1.82, 2.24) is 10.2 Å². The van der Waals surface area contributed by atoms with Crippen molar-refractivity contribution in [3.8, 4) is 0 Å². The average molecular weight is 268 g/mol. The van der Waals surface area contributed by atoms with Gasteiger partial charge in [0.1, 0.15) is 6.61 Å². The molecule has 1 aliphatic rings. The molecule has 0 spiro atoms. The van der Waals surface area contributed by atoms with Crippen molar-refractivity contribution in [2.24, 2.45) is 0 Å². The smallest absolute Gasteiger partial charge is 0.357 e. The zero-order valence-electron chi connectivity index (χ0n) is 10.9. The Balaban J connectivity index is 2.26. The molecule has 1 rings (SSSR count). The first-order valence-electron chi connectivity index (χ1n) is 6.62. The molecule has 0 aromatic rings. The second-order valence-electron chi connectivity index (χ2n) is 4.76. The van der Waals surface area contributed by atoms with Crippen molar-refractivity contribution >= 4 is 0 Å². The summed E-state index contributed by atoms with van der Waals surface area (Å²) in [5.41, 5.74) is 0. The molecule has 0 radical (unpaired) electrons. The van der Waals surface area contributed by atoms with Crippen LogP contribution in [0.1, 0.15) is 32.6 Å². The van der Waals surface area contributed by atoms with Gasteiger partial charge in [0.15, 0.2) is 0 Å². The Bertz CT molecular complexity index is 224. The molecule has 1 saturated heterocycles. The minimum Gasteiger partial charge on any atom is -0.357 e. The standard InChI is InChI=1S/C12H23F3N2O/c1-2-6-16-8-11-5-3-4-7-17(11)10-18-9-12(13,14)15/h11,16H,2-10H2,1H3. The third-order valence-electron chi connectivity index (χ3n) is 3.08. The molecule has 0 saturated carbocycles. The van der Waals surface area contributed by atoms with Crippen molar-refractivity contribution in [1.29, 1.82) is 0 Å². The molecule has 1 fully saturated rings. The Kier molecular flexibility index (Phi) is 6.96. The van der Waals surface area contributed by atoms with E-state index < -0.39 is 12.8 Å². The minimum atomic E-state index is -4.23. The molecule has 0 amide bonds. The molecule has 1 unspecified atom stereocenters. The van der Waals surface area contributed by atoms with Crippen LogP contribution in [-0.2, 0) is 4.74 Å². The van der Waals surface area contributed by atoms with Crippen LogP contribution in [0, 0.1) is 0 Å². The first kappa shape index (κ1) is 15.7. The fourth-order valence-electron chi connectivity index (χ4n) is 2.19. The Morgan fingerprint density at radius 3 is 2.78 bits per heavy atom. The van der Waals surface area contributed by atoms with E-state index >= 15 is 0 Å². The maximum absolute atomic E-state index is 12.0. The van der Waals surface area contributed by atoms with Crippen molar-refractivity contribution in [3.63, 3.8) is 0 Å². The molecule has 0 aliphatic carbocycles. The number of piperidine rings is 1. The van der Waals surface area contributed by atoms with Gasteiger partial charge in [0.05, 0.1) is 6.73 Å². The van der Waals surface area contributed by atoms with Crippen LogP contribution in [0.3, 0.4) is 0 Å². The highest BCUT2D eigenvalue weighted by Crippen LogP contribution is 2.18. The van der Waals surface area contributed by atoms with E-state index in [-0.39, 0.29) is 6.73 Å². The van der Waals surface area contributed by atoms with Gasteiger partial charge < -0.3 is 10.1 Å². The van der Waals surface area contributed by atoms with Gasteiger partial charge in [-0.05, 0) is 25.8 Å². The molecule has 108 valence electrons. The Morgan fingerprint density at radius 2 is 2.11 bits per heavy atom. The Morgan fingerprint density at radius 1 is 1.33 bits per heavy atom. The molecule has 1 N–H and O–H groups in total. The number of nitrogens with one attached hydrogen (secondary N) is 1. The van der Waals surface area contributed by atoms with Crippen LogP contribution >= 0.6 is 0 Å². The lowest BCUT2D eigenvalue weighted by Gasteiger charge is -2.35. The van der Waals surface area contributed by atoms with E-state index in [9.17, 15) is 13.2 Å². The van der Waals surface area contributed by atoms with E-state index in [0.29, 0.717) is 6.04 Å². The largest absolute Gasteiger partial charge is 0.411 e. The van der Waals surface area contributed by atoms with Gasteiger partial charge in [-0.25, -0.2) is 0 Å². The summed E-state index contributed by atoms with van der Waals surface area (Å²) in [6.45, 7) is 3.64. The van der Waals surface area contributed by atoms with E-state index in [1.54, 1.807) is 0 Å². The van der Waals surface area contributed by atoms with E-state index in [0.717, 1.165) is 45.3 Å². The predicted molar refractivity (Wildman–Crippen MR) is 64.4 cm³/mol. The number of halogens is 3. The summed E-state index contributed by atoms with van der Waals surface area (Å²) in [6, 6.07) is 0.304. The Hall–Kier alpha value is -0.330. The van der Waals surface area contributed by atoms with Gasteiger partial charge in [-0.15, -0.1) is 0 Å². The van der Waals surface area contributed by atoms with Gasteiger partial charge in [-0.2, -0.15) is 13.2 Å². The van der Waals surface area contributed by atoms with Crippen molar-refractivity contribution in [2.75, 3.05) is 33.0 Å². The highest BCUT2D eigenvalue weighted by atomic mass is 19.4. The lowest BCUT2D eigenvalue weighted by molar-refractivity contribution is -0.186. The molecule has 1 heterocycles. The van der Waals surface area contributed by atoms with E-state index in [1.165, 1.54) is 0 Å². The minimum absolute atomic E-state index is 0.0813. The summed E-state index contributed by atoms with van der Waals surface area (Å²) in [5.74, 6) is 0. The van der Waals surface area contributed by atoms with Crippen LogP contribution in [0.15, 0.2) is 0 Å². The van der Waals surface area contributed by atoms with Gasteiger partial charge in [0.2, 0.25) is 0 Å². The predicted octanol–water partition coefficient (Wildman–Crippen LogP) is 2.38. The molecule has 6 heteroatoms. The van der Waals surface area contributed by atoms with Crippen LogP contribution in [0.2, 0.25) is 0 Å². The van der Waals surface area contributed by atoms with E-state index in [2.05, 4.69) is 12.2 Å². The SMILES string of the molecule is CCCNCC1CCCCN1COCC(F)(F)F. The third kappa shape index (κ3) is 6.56. The molecular weight excluding hydrogens is 245 g/mol. The quantitative estimate of drug-likeness (QED) is 0.717. The number of ether oxygens (including phenoxy) is 1. The van der Waals surface area contributed by atoms with Crippen molar-refractivity contribution in [2.45, 2.75) is 44.8 Å². The topological polar surface area (TPSA) is 24.5 Å². The van der Waals surface area contributed by atoms with Crippen molar-refractivity contribution < 1.29 is 17.9 Å². The maximum atomic E-state index is 12.0. The summed E-state index contributed by atoms with van der Waals surface area (Å²) in [6.07, 6.45) is 0.0586. The highest BCUT2D eigenvalue weighted by molar-refractivity contribution is 4.77. The van der Waals surface area contributed by atoms with Crippen molar-refractivity contribution in [3.05, 3.63) is 0 Å². The summed E-state index contributed by atoms with van der Waals surface area (Å²) in [4.78, 5) is 2.01. The number of hydrogen-bond acceptors (Lipinski definition) is 3. The number of rotatable bonds is 7. The highest BCUT2D eigenvalue weighted by Gasteiger charge is 2.29. The molecule has 0 aromatic heterocycles. The maximum Gasteiger partial charge on any atom is 0.411 e. The van der Waals surface area contributed by atoms with Gasteiger partial charge in [0.25, 0.3) is 0 Å². The average Bonchev–Trinajstić information content (AvgIpc) is 2.30. The molecule has 3 nitrogen and oxygen atoms in total.